The van der Waals surface area contributed by atoms with Gasteiger partial charge in [-0.3, -0.25) is 9.59 Å². The van der Waals surface area contributed by atoms with Crippen LogP contribution >= 0.6 is 0 Å². The Morgan fingerprint density at radius 3 is 2.46 bits per heavy atom. The number of phenols is 1. The molecule has 0 atom stereocenters. The van der Waals surface area contributed by atoms with Gasteiger partial charge in [0.15, 0.2) is 5.78 Å². The predicted molar refractivity (Wildman–Crippen MR) is 95.1 cm³/mol. The highest BCUT2D eigenvalue weighted by atomic mass is 16.4. The lowest BCUT2D eigenvalue weighted by Gasteiger charge is -2.09. The van der Waals surface area contributed by atoms with E-state index in [0.29, 0.717) is 5.69 Å². The van der Waals surface area contributed by atoms with Gasteiger partial charge >= 0.3 is 5.97 Å². The van der Waals surface area contributed by atoms with Crippen molar-refractivity contribution in [3.63, 3.8) is 0 Å². The summed E-state index contributed by atoms with van der Waals surface area (Å²) < 4.78 is 5.50. The van der Waals surface area contributed by atoms with Gasteiger partial charge in [-0.25, -0.2) is 4.79 Å². The van der Waals surface area contributed by atoms with Gasteiger partial charge in [-0.15, -0.1) is 0 Å². The number of rotatable bonds is 5. The third-order valence-electron chi connectivity index (χ3n) is 3.94. The predicted octanol–water partition coefficient (Wildman–Crippen LogP) is 2.80. The number of aryl methyl sites for hydroxylation is 1. The summed E-state index contributed by atoms with van der Waals surface area (Å²) in [6.07, 6.45) is 0. The number of anilines is 1. The van der Waals surface area contributed by atoms with Gasteiger partial charge in [0.05, 0.1) is 12.1 Å². The number of carbonyl (C=O) groups is 2. The van der Waals surface area contributed by atoms with Gasteiger partial charge in [0.1, 0.15) is 28.0 Å². The molecule has 0 aliphatic rings. The van der Waals surface area contributed by atoms with Crippen molar-refractivity contribution in [3.05, 3.63) is 69.6 Å². The van der Waals surface area contributed by atoms with Gasteiger partial charge < -0.3 is 19.9 Å². The molecule has 2 aromatic carbocycles. The first-order chi connectivity index (χ1) is 12.4. The number of hydrogen-bond acceptors (Lipinski definition) is 6. The average Bonchev–Trinajstić information content (AvgIpc) is 2.60. The minimum Gasteiger partial charge on any atom is -0.507 e. The van der Waals surface area contributed by atoms with Gasteiger partial charge in [0, 0.05) is 5.69 Å². The van der Waals surface area contributed by atoms with Crippen molar-refractivity contribution < 1.29 is 24.2 Å². The number of carbonyl (C=O) groups excluding carboxylic acids is 1. The zero-order valence-electron chi connectivity index (χ0n) is 13.8. The van der Waals surface area contributed by atoms with E-state index in [1.54, 1.807) is 12.1 Å². The van der Waals surface area contributed by atoms with Crippen molar-refractivity contribution in [1.29, 1.82) is 0 Å². The minimum absolute atomic E-state index is 0.0349. The van der Waals surface area contributed by atoms with E-state index in [1.807, 2.05) is 0 Å². The highest BCUT2D eigenvalue weighted by Gasteiger charge is 2.20. The van der Waals surface area contributed by atoms with E-state index < -0.39 is 17.2 Å². The van der Waals surface area contributed by atoms with E-state index in [1.165, 1.54) is 37.3 Å². The summed E-state index contributed by atoms with van der Waals surface area (Å²) >= 11 is 0. The number of hydrogen-bond donors (Lipinski definition) is 3. The molecule has 3 N–H and O–H groups in total. The fraction of sp³-hybridized carbons (Fsp3) is 0.105. The third-order valence-corrected chi connectivity index (χ3v) is 3.94. The summed E-state index contributed by atoms with van der Waals surface area (Å²) in [6, 6.07) is 10.3. The van der Waals surface area contributed by atoms with E-state index in [-0.39, 0.29) is 40.2 Å². The number of nitrogens with one attached hydrogen (secondary N) is 1. The van der Waals surface area contributed by atoms with Crippen LogP contribution in [-0.2, 0) is 0 Å². The molecule has 0 unspecified atom stereocenters. The molecule has 1 aromatic heterocycles. The summed E-state index contributed by atoms with van der Waals surface area (Å²) in [5.41, 5.74) is 0.155. The van der Waals surface area contributed by atoms with Crippen molar-refractivity contribution in [3.8, 4) is 5.75 Å². The van der Waals surface area contributed by atoms with Crippen LogP contribution in [0.1, 0.15) is 26.5 Å². The molecule has 0 aliphatic carbocycles. The first kappa shape index (κ1) is 17.2. The van der Waals surface area contributed by atoms with Gasteiger partial charge in [0.25, 0.3) is 0 Å². The van der Waals surface area contributed by atoms with Crippen molar-refractivity contribution in [2.45, 2.75) is 6.92 Å². The molecule has 0 amide bonds. The van der Waals surface area contributed by atoms with Crippen LogP contribution < -0.4 is 10.7 Å². The Morgan fingerprint density at radius 2 is 1.81 bits per heavy atom. The molecule has 26 heavy (non-hydrogen) atoms. The maximum atomic E-state index is 12.6. The van der Waals surface area contributed by atoms with Crippen LogP contribution in [0, 0.1) is 6.92 Å². The molecular formula is C19H15NO6. The van der Waals surface area contributed by atoms with Gasteiger partial charge in [-0.2, -0.15) is 0 Å². The third kappa shape index (κ3) is 3.14. The highest BCUT2D eigenvalue weighted by Crippen LogP contribution is 2.23. The Hall–Kier alpha value is -3.61. The fourth-order valence-electron chi connectivity index (χ4n) is 2.66. The second-order valence-corrected chi connectivity index (χ2v) is 5.67. The number of benzene rings is 2. The minimum atomic E-state index is -1.04. The van der Waals surface area contributed by atoms with E-state index in [2.05, 4.69) is 5.32 Å². The molecule has 0 saturated carbocycles. The maximum absolute atomic E-state index is 12.6. The van der Waals surface area contributed by atoms with Crippen LogP contribution in [0.25, 0.3) is 11.0 Å². The Balaban J connectivity index is 1.87. The number of aromatic hydroxyl groups is 1. The number of fused-ring (bicyclic) bond motifs is 1. The normalized spacial score (nSPS) is 10.7. The first-order valence-corrected chi connectivity index (χ1v) is 7.74. The second kappa shape index (κ2) is 6.72. The van der Waals surface area contributed by atoms with Crippen molar-refractivity contribution >= 4 is 28.4 Å². The topological polar surface area (TPSA) is 117 Å². The molecule has 0 aliphatic heterocycles. The molecule has 7 heteroatoms. The van der Waals surface area contributed by atoms with Crippen LogP contribution in [0.4, 0.5) is 5.69 Å². The summed E-state index contributed by atoms with van der Waals surface area (Å²) in [5, 5.41) is 21.6. The summed E-state index contributed by atoms with van der Waals surface area (Å²) in [5.74, 6) is -1.62. The van der Waals surface area contributed by atoms with E-state index in [9.17, 15) is 19.5 Å². The lowest BCUT2D eigenvalue weighted by molar-refractivity contribution is 0.0696. The summed E-state index contributed by atoms with van der Waals surface area (Å²) in [7, 11) is 0. The van der Waals surface area contributed by atoms with Crippen molar-refractivity contribution in [2.24, 2.45) is 0 Å². The average molecular weight is 353 g/mol. The Bertz CT molecular complexity index is 1070. The molecule has 132 valence electrons. The zero-order chi connectivity index (χ0) is 18.8. The van der Waals surface area contributed by atoms with Crippen LogP contribution in [-0.4, -0.2) is 28.5 Å². The Kier molecular flexibility index (Phi) is 4.45. The molecular weight excluding hydrogens is 338 g/mol. The van der Waals surface area contributed by atoms with Crippen molar-refractivity contribution in [2.75, 3.05) is 11.9 Å². The Labute approximate surface area is 147 Å². The lowest BCUT2D eigenvalue weighted by Crippen LogP contribution is -2.23. The number of Topliss-reactive ketones (excluding diaryl/α,β-unsaturated/α-hetero) is 1. The smallest absolute Gasteiger partial charge is 0.335 e. The number of phenolic OH excluding ortho intramolecular Hbond substituents is 1. The molecule has 0 radical (unpaired) electrons. The monoisotopic (exact) mass is 353 g/mol. The molecule has 0 fully saturated rings. The summed E-state index contributed by atoms with van der Waals surface area (Å²) in [4.78, 5) is 35.9. The molecule has 0 spiro atoms. The fourth-order valence-corrected chi connectivity index (χ4v) is 2.66. The Morgan fingerprint density at radius 1 is 1.12 bits per heavy atom. The van der Waals surface area contributed by atoms with Crippen LogP contribution in [0.2, 0.25) is 0 Å². The first-order valence-electron chi connectivity index (χ1n) is 7.74. The van der Waals surface area contributed by atoms with E-state index >= 15 is 0 Å². The largest absolute Gasteiger partial charge is 0.507 e. The SMILES string of the molecule is Cc1oc2cccc(O)c2c(=O)c1C(=O)CNc1ccc(C(=O)O)cc1. The molecule has 3 aromatic rings. The van der Waals surface area contributed by atoms with Crippen LogP contribution in [0.15, 0.2) is 51.7 Å². The van der Waals surface area contributed by atoms with E-state index in [4.69, 9.17) is 9.52 Å². The number of ketones is 1. The summed E-state index contributed by atoms with van der Waals surface area (Å²) in [6.45, 7) is 1.33. The number of aromatic carboxylic acids is 1. The molecule has 0 bridgehead atoms. The quantitative estimate of drug-likeness (QED) is 0.604. The van der Waals surface area contributed by atoms with Crippen LogP contribution in [0.3, 0.4) is 0 Å². The van der Waals surface area contributed by atoms with E-state index in [0.717, 1.165) is 0 Å². The maximum Gasteiger partial charge on any atom is 0.335 e. The number of carboxylic acids is 1. The van der Waals surface area contributed by atoms with Crippen molar-refractivity contribution in [1.82, 2.24) is 0 Å². The molecule has 3 rings (SSSR count). The highest BCUT2D eigenvalue weighted by molar-refractivity contribution is 6.02. The number of carboxylic acid groups (broad SMARTS) is 1. The molecule has 0 saturated heterocycles. The standard InChI is InChI=1S/C19H15NO6/c1-10-16(18(23)17-13(21)3-2-4-15(17)26-10)14(22)9-20-12-7-5-11(6-8-12)19(24)25/h2-8,20-21H,9H2,1H3,(H,24,25). The van der Waals surface area contributed by atoms with Crippen LogP contribution in [0.5, 0.6) is 5.75 Å². The second-order valence-electron chi connectivity index (χ2n) is 5.67. The zero-order valence-corrected chi connectivity index (χ0v) is 13.8. The van der Waals surface area contributed by atoms with Gasteiger partial charge in [0.2, 0.25) is 5.43 Å². The molecule has 1 heterocycles. The van der Waals surface area contributed by atoms with Gasteiger partial charge in [-0.1, -0.05) is 6.07 Å². The lowest BCUT2D eigenvalue weighted by atomic mass is 10.1. The van der Waals surface area contributed by atoms with Gasteiger partial charge in [-0.05, 0) is 43.3 Å². The molecule has 7 nitrogen and oxygen atoms in total.